The van der Waals surface area contributed by atoms with Crippen LogP contribution < -0.4 is 0 Å². The summed E-state index contributed by atoms with van der Waals surface area (Å²) in [5.41, 5.74) is 0.630. The van der Waals surface area contributed by atoms with Crippen LogP contribution in [0.5, 0.6) is 0 Å². The lowest BCUT2D eigenvalue weighted by Crippen LogP contribution is -2.41. The van der Waals surface area contributed by atoms with Crippen molar-refractivity contribution in [3.8, 4) is 0 Å². The normalized spacial score (nSPS) is 19.8. The van der Waals surface area contributed by atoms with Gasteiger partial charge in [-0.2, -0.15) is 0 Å². The van der Waals surface area contributed by atoms with Gasteiger partial charge < -0.3 is 9.88 Å². The molecule has 1 atom stereocenters. The van der Waals surface area contributed by atoms with Crippen LogP contribution in [0.25, 0.3) is 10.9 Å². The molecule has 0 spiro atoms. The van der Waals surface area contributed by atoms with Gasteiger partial charge in [0.15, 0.2) is 9.84 Å². The van der Waals surface area contributed by atoms with Gasteiger partial charge in [0.25, 0.3) is 11.7 Å². The molecule has 3 rings (SSSR count). The number of aromatic nitrogens is 1. The molecule has 1 aromatic heterocycles. The highest BCUT2D eigenvalue weighted by Crippen LogP contribution is 2.22. The van der Waals surface area contributed by atoms with Gasteiger partial charge in [-0.15, -0.1) is 0 Å². The number of rotatable bonds is 3. The van der Waals surface area contributed by atoms with E-state index in [1.54, 1.807) is 0 Å². The van der Waals surface area contributed by atoms with Gasteiger partial charge in [-0.25, -0.2) is 12.8 Å². The number of hydrogen-bond donors (Lipinski definition) is 1. The molecule has 1 amide bonds. The van der Waals surface area contributed by atoms with E-state index in [4.69, 9.17) is 0 Å². The van der Waals surface area contributed by atoms with Crippen LogP contribution in [0.4, 0.5) is 4.39 Å². The minimum atomic E-state index is -3.15. The molecule has 2 heterocycles. The number of carbonyl (C=O) groups is 2. The highest BCUT2D eigenvalue weighted by atomic mass is 32.2. The van der Waals surface area contributed by atoms with Crippen molar-refractivity contribution < 1.29 is 22.4 Å². The first kappa shape index (κ1) is 15.7. The summed E-state index contributed by atoms with van der Waals surface area (Å²) in [6.45, 7) is 0. The van der Waals surface area contributed by atoms with Crippen molar-refractivity contribution in [1.29, 1.82) is 0 Å². The van der Waals surface area contributed by atoms with Gasteiger partial charge in [-0.3, -0.25) is 9.59 Å². The number of likely N-dealkylation sites (N-methyl/N-ethyl adjacent to an activating group) is 1. The molecule has 2 aromatic rings. The summed E-state index contributed by atoms with van der Waals surface area (Å²) in [4.78, 5) is 28.7. The second-order valence-corrected chi connectivity index (χ2v) is 7.92. The van der Waals surface area contributed by atoms with E-state index in [1.807, 2.05) is 0 Å². The number of ketones is 1. The van der Waals surface area contributed by atoms with E-state index < -0.39 is 33.4 Å². The predicted octanol–water partition coefficient (Wildman–Crippen LogP) is 1.14. The highest BCUT2D eigenvalue weighted by molar-refractivity contribution is 7.91. The first-order valence-corrected chi connectivity index (χ1v) is 8.89. The third-order valence-corrected chi connectivity index (χ3v) is 5.91. The monoisotopic (exact) mass is 338 g/mol. The Hall–Kier alpha value is -2.22. The third kappa shape index (κ3) is 2.86. The Morgan fingerprint density at radius 1 is 1.35 bits per heavy atom. The van der Waals surface area contributed by atoms with Gasteiger partial charge in [0.1, 0.15) is 5.82 Å². The molecule has 122 valence electrons. The van der Waals surface area contributed by atoms with Crippen LogP contribution in [0.3, 0.4) is 0 Å². The number of aromatic amines is 1. The second-order valence-electron chi connectivity index (χ2n) is 5.69. The molecular weight excluding hydrogens is 323 g/mol. The molecule has 6 nitrogen and oxygen atoms in total. The second kappa shape index (κ2) is 5.45. The Labute approximate surface area is 132 Å². The standard InChI is InChI=1S/C15H15FN2O4S/c1-18(10-4-5-23(21,22)8-10)15(20)14(19)12-7-17-13-3-2-9(16)6-11(12)13/h2-3,6-7,10,17H,4-5,8H2,1H3. The van der Waals surface area contributed by atoms with Crippen molar-refractivity contribution in [2.75, 3.05) is 18.6 Å². The number of carbonyl (C=O) groups excluding carboxylic acids is 2. The molecule has 0 saturated carbocycles. The van der Waals surface area contributed by atoms with Gasteiger partial charge >= 0.3 is 0 Å². The Bertz CT molecular complexity index is 903. The maximum atomic E-state index is 13.4. The molecule has 1 aliphatic heterocycles. The topological polar surface area (TPSA) is 87.3 Å². The van der Waals surface area contributed by atoms with Crippen LogP contribution in [0, 0.1) is 5.82 Å². The van der Waals surface area contributed by atoms with Gasteiger partial charge in [0.05, 0.1) is 17.1 Å². The van der Waals surface area contributed by atoms with Crippen LogP contribution in [0.15, 0.2) is 24.4 Å². The number of H-pyrrole nitrogens is 1. The number of sulfone groups is 1. The van der Waals surface area contributed by atoms with Gasteiger partial charge in [0.2, 0.25) is 0 Å². The molecule has 1 saturated heterocycles. The molecule has 0 bridgehead atoms. The number of Topliss-reactive ketones (excluding diaryl/α,β-unsaturated/α-hetero) is 1. The van der Waals surface area contributed by atoms with Crippen LogP contribution in [-0.4, -0.2) is 54.6 Å². The molecule has 0 radical (unpaired) electrons. The maximum Gasteiger partial charge on any atom is 0.295 e. The summed E-state index contributed by atoms with van der Waals surface area (Å²) >= 11 is 0. The maximum absolute atomic E-state index is 13.4. The number of halogens is 1. The lowest BCUT2D eigenvalue weighted by atomic mass is 10.1. The summed E-state index contributed by atoms with van der Waals surface area (Å²) in [5.74, 6) is -2.20. The molecule has 1 aromatic carbocycles. The minimum Gasteiger partial charge on any atom is -0.360 e. The number of benzene rings is 1. The third-order valence-electron chi connectivity index (χ3n) is 4.16. The fourth-order valence-electron chi connectivity index (χ4n) is 2.80. The molecule has 8 heteroatoms. The summed E-state index contributed by atoms with van der Waals surface area (Å²) in [5, 5.41) is 0.329. The lowest BCUT2D eigenvalue weighted by Gasteiger charge is -2.22. The Kier molecular flexibility index (Phi) is 3.71. The predicted molar refractivity (Wildman–Crippen MR) is 82.4 cm³/mol. The Morgan fingerprint density at radius 2 is 2.09 bits per heavy atom. The number of nitrogens with one attached hydrogen (secondary N) is 1. The molecule has 1 N–H and O–H groups in total. The molecular formula is C15H15FN2O4S. The van der Waals surface area contributed by atoms with E-state index in [0.29, 0.717) is 17.3 Å². The Morgan fingerprint density at radius 3 is 2.74 bits per heavy atom. The average molecular weight is 338 g/mol. The summed E-state index contributed by atoms with van der Waals surface area (Å²) in [6, 6.07) is 3.43. The smallest absolute Gasteiger partial charge is 0.295 e. The zero-order valence-corrected chi connectivity index (χ0v) is 13.2. The van der Waals surface area contributed by atoms with Crippen LogP contribution >= 0.6 is 0 Å². The van der Waals surface area contributed by atoms with Gasteiger partial charge in [0, 0.05) is 30.2 Å². The van der Waals surface area contributed by atoms with E-state index in [1.165, 1.54) is 36.3 Å². The van der Waals surface area contributed by atoms with Crippen LogP contribution in [0.2, 0.25) is 0 Å². The quantitative estimate of drug-likeness (QED) is 0.671. The molecule has 0 aliphatic carbocycles. The largest absolute Gasteiger partial charge is 0.360 e. The zero-order chi connectivity index (χ0) is 16.8. The van der Waals surface area contributed by atoms with Crippen LogP contribution in [-0.2, 0) is 14.6 Å². The number of nitrogens with zero attached hydrogens (tertiary/aromatic N) is 1. The molecule has 1 fully saturated rings. The average Bonchev–Trinajstić information content (AvgIpc) is 3.07. The lowest BCUT2D eigenvalue weighted by molar-refractivity contribution is -0.126. The van der Waals surface area contributed by atoms with Crippen molar-refractivity contribution in [3.05, 3.63) is 35.8 Å². The SMILES string of the molecule is CN(C(=O)C(=O)c1c[nH]c2ccc(F)cc12)C1CCS(=O)(=O)C1. The summed E-state index contributed by atoms with van der Waals surface area (Å²) in [7, 11) is -1.74. The Balaban J connectivity index is 1.87. The first-order chi connectivity index (χ1) is 10.8. The van der Waals surface area contributed by atoms with Crippen molar-refractivity contribution in [3.63, 3.8) is 0 Å². The fraction of sp³-hybridized carbons (Fsp3) is 0.333. The van der Waals surface area contributed by atoms with Crippen molar-refractivity contribution >= 4 is 32.4 Å². The van der Waals surface area contributed by atoms with Crippen LogP contribution in [0.1, 0.15) is 16.8 Å². The highest BCUT2D eigenvalue weighted by Gasteiger charge is 2.35. The van der Waals surface area contributed by atoms with Crippen molar-refractivity contribution in [2.24, 2.45) is 0 Å². The van der Waals surface area contributed by atoms with E-state index >= 15 is 0 Å². The number of amides is 1. The van der Waals surface area contributed by atoms with Crippen molar-refractivity contribution in [1.82, 2.24) is 9.88 Å². The minimum absolute atomic E-state index is 0.0156. The van der Waals surface area contributed by atoms with Crippen molar-refractivity contribution in [2.45, 2.75) is 12.5 Å². The molecule has 1 unspecified atom stereocenters. The summed E-state index contributed by atoms with van der Waals surface area (Å²) < 4.78 is 36.4. The molecule has 1 aliphatic rings. The van der Waals surface area contributed by atoms with E-state index in [-0.39, 0.29) is 17.1 Å². The number of fused-ring (bicyclic) bond motifs is 1. The number of hydrogen-bond acceptors (Lipinski definition) is 4. The summed E-state index contributed by atoms with van der Waals surface area (Å²) in [6.07, 6.45) is 1.68. The van der Waals surface area contributed by atoms with Gasteiger partial charge in [-0.1, -0.05) is 0 Å². The zero-order valence-electron chi connectivity index (χ0n) is 12.4. The fourth-order valence-corrected chi connectivity index (χ4v) is 4.58. The van der Waals surface area contributed by atoms with E-state index in [2.05, 4.69) is 4.98 Å². The van der Waals surface area contributed by atoms with Gasteiger partial charge in [-0.05, 0) is 24.6 Å². The molecule has 23 heavy (non-hydrogen) atoms. The van der Waals surface area contributed by atoms with E-state index in [0.717, 1.165) is 0 Å². The van der Waals surface area contributed by atoms with E-state index in [9.17, 15) is 22.4 Å². The first-order valence-electron chi connectivity index (χ1n) is 7.07.